The highest BCUT2D eigenvalue weighted by Crippen LogP contribution is 2.28. The molecule has 1 aromatic carbocycles. The SMILES string of the molecule is O=C(O)C1=CCC(=O)c2cc3ccccc3nc21. The summed E-state index contributed by atoms with van der Waals surface area (Å²) in [4.78, 5) is 27.3. The minimum absolute atomic E-state index is 0.0896. The molecule has 1 aliphatic carbocycles. The Morgan fingerprint density at radius 2 is 2.06 bits per heavy atom. The molecule has 1 N–H and O–H groups in total. The van der Waals surface area contributed by atoms with E-state index in [0.717, 1.165) is 5.39 Å². The van der Waals surface area contributed by atoms with E-state index in [0.29, 0.717) is 11.1 Å². The van der Waals surface area contributed by atoms with Gasteiger partial charge in [0, 0.05) is 17.4 Å². The predicted molar refractivity (Wildman–Crippen MR) is 66.3 cm³/mol. The van der Waals surface area contributed by atoms with E-state index in [2.05, 4.69) is 4.98 Å². The van der Waals surface area contributed by atoms with Crippen LogP contribution >= 0.6 is 0 Å². The van der Waals surface area contributed by atoms with Crippen LogP contribution in [0.4, 0.5) is 0 Å². The van der Waals surface area contributed by atoms with Crippen molar-refractivity contribution in [2.24, 2.45) is 0 Å². The average Bonchev–Trinajstić information content (AvgIpc) is 2.37. The monoisotopic (exact) mass is 239 g/mol. The zero-order valence-corrected chi connectivity index (χ0v) is 9.38. The topological polar surface area (TPSA) is 67.3 Å². The largest absolute Gasteiger partial charge is 0.478 e. The van der Waals surface area contributed by atoms with Gasteiger partial charge >= 0.3 is 5.97 Å². The lowest BCUT2D eigenvalue weighted by Crippen LogP contribution is -2.14. The van der Waals surface area contributed by atoms with Gasteiger partial charge in [0.2, 0.25) is 0 Å². The predicted octanol–water partition coefficient (Wildman–Crippen LogP) is 2.29. The van der Waals surface area contributed by atoms with Crippen LogP contribution in [0.15, 0.2) is 36.4 Å². The maximum atomic E-state index is 11.8. The zero-order chi connectivity index (χ0) is 12.7. The Morgan fingerprint density at radius 3 is 2.83 bits per heavy atom. The summed E-state index contributed by atoms with van der Waals surface area (Å²) in [5.74, 6) is -1.14. The van der Waals surface area contributed by atoms with Gasteiger partial charge in [-0.1, -0.05) is 24.3 Å². The lowest BCUT2D eigenvalue weighted by Gasteiger charge is -2.14. The molecule has 0 spiro atoms. The van der Waals surface area contributed by atoms with Gasteiger partial charge in [-0.2, -0.15) is 0 Å². The normalized spacial score (nSPS) is 14.2. The Labute approximate surface area is 103 Å². The lowest BCUT2D eigenvalue weighted by molar-refractivity contribution is -0.130. The number of hydrogen-bond acceptors (Lipinski definition) is 3. The van der Waals surface area contributed by atoms with E-state index in [1.54, 1.807) is 12.1 Å². The number of nitrogens with zero attached hydrogens (tertiary/aromatic N) is 1. The maximum absolute atomic E-state index is 11.8. The molecular weight excluding hydrogens is 230 g/mol. The smallest absolute Gasteiger partial charge is 0.337 e. The number of para-hydroxylation sites is 1. The molecule has 0 saturated carbocycles. The van der Waals surface area contributed by atoms with E-state index in [4.69, 9.17) is 5.11 Å². The molecule has 2 aromatic rings. The molecule has 0 atom stereocenters. The Morgan fingerprint density at radius 1 is 1.28 bits per heavy atom. The van der Waals surface area contributed by atoms with Crippen molar-refractivity contribution >= 4 is 28.2 Å². The average molecular weight is 239 g/mol. The van der Waals surface area contributed by atoms with Crippen LogP contribution in [0.5, 0.6) is 0 Å². The number of carboxylic acid groups (broad SMARTS) is 1. The van der Waals surface area contributed by atoms with Crippen LogP contribution in [0.1, 0.15) is 22.5 Å². The van der Waals surface area contributed by atoms with Crippen molar-refractivity contribution in [2.75, 3.05) is 0 Å². The summed E-state index contributed by atoms with van der Waals surface area (Å²) in [6.45, 7) is 0. The van der Waals surface area contributed by atoms with Crippen LogP contribution in [0, 0.1) is 0 Å². The number of ketones is 1. The molecule has 88 valence electrons. The van der Waals surface area contributed by atoms with Gasteiger partial charge in [-0.05, 0) is 12.1 Å². The summed E-state index contributed by atoms with van der Waals surface area (Å²) >= 11 is 0. The molecule has 0 bridgehead atoms. The summed E-state index contributed by atoms with van der Waals surface area (Å²) < 4.78 is 0. The Bertz CT molecular complexity index is 716. The number of benzene rings is 1. The molecular formula is C14H9NO3. The first-order valence-electron chi connectivity index (χ1n) is 5.53. The van der Waals surface area contributed by atoms with E-state index in [1.807, 2.05) is 18.2 Å². The van der Waals surface area contributed by atoms with Crippen molar-refractivity contribution < 1.29 is 14.7 Å². The van der Waals surface area contributed by atoms with Crippen LogP contribution in [0.25, 0.3) is 16.5 Å². The molecule has 3 rings (SSSR count). The zero-order valence-electron chi connectivity index (χ0n) is 9.38. The van der Waals surface area contributed by atoms with E-state index in [9.17, 15) is 9.59 Å². The summed E-state index contributed by atoms with van der Waals surface area (Å²) in [7, 11) is 0. The van der Waals surface area contributed by atoms with Crippen molar-refractivity contribution in [3.8, 4) is 0 Å². The number of carboxylic acids is 1. The van der Waals surface area contributed by atoms with Crippen molar-refractivity contribution in [3.05, 3.63) is 47.7 Å². The second kappa shape index (κ2) is 3.77. The van der Waals surface area contributed by atoms with Gasteiger partial charge in [0.25, 0.3) is 0 Å². The molecule has 4 nitrogen and oxygen atoms in total. The highest BCUT2D eigenvalue weighted by molar-refractivity contribution is 6.21. The molecule has 18 heavy (non-hydrogen) atoms. The molecule has 4 heteroatoms. The Kier molecular flexibility index (Phi) is 2.23. The first-order chi connectivity index (χ1) is 8.66. The Hall–Kier alpha value is -2.49. The van der Waals surface area contributed by atoms with Gasteiger partial charge in [0.05, 0.1) is 16.8 Å². The molecule has 0 saturated heterocycles. The van der Waals surface area contributed by atoms with Crippen molar-refractivity contribution in [3.63, 3.8) is 0 Å². The first kappa shape index (κ1) is 10.7. The number of hydrogen-bond donors (Lipinski definition) is 1. The minimum Gasteiger partial charge on any atom is -0.478 e. The van der Waals surface area contributed by atoms with E-state index < -0.39 is 5.97 Å². The third-order valence-corrected chi connectivity index (χ3v) is 3.00. The molecule has 0 fully saturated rings. The second-order valence-corrected chi connectivity index (χ2v) is 4.13. The fourth-order valence-corrected chi connectivity index (χ4v) is 2.12. The van der Waals surface area contributed by atoms with Crippen molar-refractivity contribution in [2.45, 2.75) is 6.42 Å². The maximum Gasteiger partial charge on any atom is 0.337 e. The number of Topliss-reactive ketones (excluding diaryl/α,β-unsaturated/α-hetero) is 1. The molecule has 1 aromatic heterocycles. The molecule has 0 radical (unpaired) electrons. The van der Waals surface area contributed by atoms with Crippen molar-refractivity contribution in [1.82, 2.24) is 4.98 Å². The first-order valence-corrected chi connectivity index (χ1v) is 5.53. The van der Waals surface area contributed by atoms with E-state index in [1.165, 1.54) is 6.08 Å². The minimum atomic E-state index is -1.05. The number of pyridine rings is 1. The van der Waals surface area contributed by atoms with Gasteiger partial charge < -0.3 is 5.11 Å². The summed E-state index contributed by atoms with van der Waals surface area (Å²) in [6.07, 6.45) is 1.55. The molecule has 1 aliphatic rings. The van der Waals surface area contributed by atoms with Gasteiger partial charge in [-0.3, -0.25) is 4.79 Å². The number of fused-ring (bicyclic) bond motifs is 2. The highest BCUT2D eigenvalue weighted by Gasteiger charge is 2.25. The van der Waals surface area contributed by atoms with Gasteiger partial charge in [0.15, 0.2) is 5.78 Å². The van der Waals surface area contributed by atoms with Crippen LogP contribution in [-0.2, 0) is 4.79 Å². The number of rotatable bonds is 1. The molecule has 0 amide bonds. The third kappa shape index (κ3) is 1.50. The van der Waals surface area contributed by atoms with E-state index in [-0.39, 0.29) is 23.5 Å². The van der Waals surface area contributed by atoms with E-state index >= 15 is 0 Å². The summed E-state index contributed by atoms with van der Waals surface area (Å²) in [5, 5.41) is 9.97. The molecule has 0 aliphatic heterocycles. The number of aliphatic carboxylic acids is 1. The van der Waals surface area contributed by atoms with Crippen LogP contribution in [-0.4, -0.2) is 21.8 Å². The van der Waals surface area contributed by atoms with Crippen LogP contribution in [0.2, 0.25) is 0 Å². The van der Waals surface area contributed by atoms with Gasteiger partial charge in [0.1, 0.15) is 0 Å². The Balaban J connectivity index is 2.34. The number of carbonyl (C=O) groups is 2. The fraction of sp³-hybridized carbons (Fsp3) is 0.0714. The lowest BCUT2D eigenvalue weighted by atomic mass is 9.93. The van der Waals surface area contributed by atoms with Crippen LogP contribution < -0.4 is 0 Å². The quantitative estimate of drug-likeness (QED) is 0.829. The number of aromatic nitrogens is 1. The summed E-state index contributed by atoms with van der Waals surface area (Å²) in [6, 6.07) is 9.06. The summed E-state index contributed by atoms with van der Waals surface area (Å²) in [5.41, 5.74) is 1.47. The molecule has 1 heterocycles. The van der Waals surface area contributed by atoms with Crippen LogP contribution in [0.3, 0.4) is 0 Å². The highest BCUT2D eigenvalue weighted by atomic mass is 16.4. The molecule has 0 unspecified atom stereocenters. The standard InChI is InChI=1S/C14H9NO3/c16-12-6-5-9(14(17)18)13-10(12)7-8-3-1-2-4-11(8)15-13/h1-5,7H,6H2,(H,17,18). The van der Waals surface area contributed by atoms with Gasteiger partial charge in [-0.25, -0.2) is 9.78 Å². The fourth-order valence-electron chi connectivity index (χ4n) is 2.12. The third-order valence-electron chi connectivity index (χ3n) is 3.00. The number of carbonyl (C=O) groups excluding carboxylic acids is 1. The van der Waals surface area contributed by atoms with Gasteiger partial charge in [-0.15, -0.1) is 0 Å². The second-order valence-electron chi connectivity index (χ2n) is 4.13. The number of allylic oxidation sites excluding steroid dienone is 1. The van der Waals surface area contributed by atoms with Crippen molar-refractivity contribution in [1.29, 1.82) is 0 Å².